The molecule has 0 bridgehead atoms. The fraction of sp³-hybridized carbons (Fsp3) is 0.167. The van der Waals surface area contributed by atoms with Crippen LogP contribution in [0.2, 0.25) is 0 Å². The number of carbonyl (C=O) groups excluding carboxylic acids is 2. The summed E-state index contributed by atoms with van der Waals surface area (Å²) in [5.41, 5.74) is 6.05. The summed E-state index contributed by atoms with van der Waals surface area (Å²) in [7, 11) is 0. The normalized spacial score (nSPS) is 18.1. The van der Waals surface area contributed by atoms with Crippen LogP contribution in [-0.4, -0.2) is 28.5 Å². The van der Waals surface area contributed by atoms with Crippen LogP contribution in [0.15, 0.2) is 29.4 Å². The predicted octanol–water partition coefficient (Wildman–Crippen LogP) is 1.11. The van der Waals surface area contributed by atoms with E-state index in [1.165, 1.54) is 11.3 Å². The molecule has 0 saturated carbocycles. The Labute approximate surface area is 111 Å². The van der Waals surface area contributed by atoms with Gasteiger partial charge in [-0.1, -0.05) is 17.3 Å². The van der Waals surface area contributed by atoms with Crippen molar-refractivity contribution in [3.8, 4) is 0 Å². The molecule has 1 aromatic carbocycles. The van der Waals surface area contributed by atoms with E-state index < -0.39 is 12.0 Å². The van der Waals surface area contributed by atoms with Crippen molar-refractivity contribution in [2.45, 2.75) is 12.5 Å². The van der Waals surface area contributed by atoms with Crippen molar-refractivity contribution in [2.75, 3.05) is 0 Å². The van der Waals surface area contributed by atoms with E-state index in [-0.39, 0.29) is 17.9 Å². The highest BCUT2D eigenvalue weighted by Gasteiger charge is 2.31. The smallest absolute Gasteiger partial charge is 0.261 e. The van der Waals surface area contributed by atoms with Crippen LogP contribution < -0.4 is 5.73 Å². The van der Waals surface area contributed by atoms with Gasteiger partial charge in [-0.2, -0.15) is 0 Å². The molecule has 2 heterocycles. The third-order valence-corrected chi connectivity index (χ3v) is 3.77. The highest BCUT2D eigenvalue weighted by atomic mass is 32.1. The SMILES string of the molecule is NC(=O)C1CC(C(=O)c2nc3ccccc3s2)=NO1. The molecule has 0 saturated heterocycles. The second-order valence-corrected chi connectivity index (χ2v) is 5.09. The molecule has 19 heavy (non-hydrogen) atoms. The van der Waals surface area contributed by atoms with E-state index in [9.17, 15) is 9.59 Å². The molecule has 1 atom stereocenters. The van der Waals surface area contributed by atoms with Gasteiger partial charge in [-0.05, 0) is 12.1 Å². The molecule has 0 fully saturated rings. The van der Waals surface area contributed by atoms with E-state index in [1.807, 2.05) is 24.3 Å². The Morgan fingerprint density at radius 1 is 1.37 bits per heavy atom. The van der Waals surface area contributed by atoms with Gasteiger partial charge in [0.05, 0.1) is 10.2 Å². The highest BCUT2D eigenvalue weighted by molar-refractivity contribution is 7.21. The lowest BCUT2D eigenvalue weighted by Gasteiger charge is -1.99. The largest absolute Gasteiger partial charge is 0.382 e. The number of benzene rings is 1. The molecule has 0 aliphatic carbocycles. The third kappa shape index (κ3) is 2.08. The third-order valence-electron chi connectivity index (χ3n) is 2.74. The molecule has 0 radical (unpaired) electrons. The number of thiazole rings is 1. The van der Waals surface area contributed by atoms with Crippen molar-refractivity contribution in [1.29, 1.82) is 0 Å². The summed E-state index contributed by atoms with van der Waals surface area (Å²) in [5.74, 6) is -0.944. The van der Waals surface area contributed by atoms with E-state index in [0.717, 1.165) is 10.2 Å². The van der Waals surface area contributed by atoms with Crippen molar-refractivity contribution in [1.82, 2.24) is 4.98 Å². The predicted molar refractivity (Wildman–Crippen MR) is 70.1 cm³/mol. The number of amides is 1. The van der Waals surface area contributed by atoms with E-state index in [0.29, 0.717) is 5.01 Å². The number of nitrogens with two attached hydrogens (primary N) is 1. The first kappa shape index (κ1) is 11.8. The zero-order valence-corrected chi connectivity index (χ0v) is 10.5. The molecule has 1 amide bonds. The molecule has 1 aliphatic rings. The maximum Gasteiger partial charge on any atom is 0.261 e. The van der Waals surface area contributed by atoms with Crippen molar-refractivity contribution in [2.24, 2.45) is 10.9 Å². The first-order chi connectivity index (χ1) is 9.15. The monoisotopic (exact) mass is 275 g/mol. The first-order valence-corrected chi connectivity index (χ1v) is 6.39. The highest BCUT2D eigenvalue weighted by Crippen LogP contribution is 2.23. The topological polar surface area (TPSA) is 94.6 Å². The van der Waals surface area contributed by atoms with Gasteiger partial charge in [0.25, 0.3) is 5.91 Å². The zero-order valence-electron chi connectivity index (χ0n) is 9.70. The van der Waals surface area contributed by atoms with Crippen LogP contribution in [0.4, 0.5) is 0 Å². The number of aromatic nitrogens is 1. The molecule has 7 heteroatoms. The molecule has 96 valence electrons. The molecule has 2 aromatic rings. The fourth-order valence-corrected chi connectivity index (χ4v) is 2.68. The molecule has 2 N–H and O–H groups in total. The standard InChI is InChI=1S/C12H9N3O3S/c13-11(17)8-5-7(15-18-8)10(16)12-14-6-3-1-2-4-9(6)19-12/h1-4,8H,5H2,(H2,13,17). The van der Waals surface area contributed by atoms with Crippen LogP contribution in [0.5, 0.6) is 0 Å². The van der Waals surface area contributed by atoms with Gasteiger partial charge in [-0.25, -0.2) is 4.98 Å². The lowest BCUT2D eigenvalue weighted by Crippen LogP contribution is -2.29. The minimum absolute atomic E-state index is 0.101. The minimum Gasteiger partial charge on any atom is -0.382 e. The van der Waals surface area contributed by atoms with E-state index >= 15 is 0 Å². The number of carbonyl (C=O) groups is 2. The number of hydrogen-bond donors (Lipinski definition) is 1. The summed E-state index contributed by atoms with van der Waals surface area (Å²) in [6.07, 6.45) is -0.752. The lowest BCUT2D eigenvalue weighted by molar-refractivity contribution is -0.127. The van der Waals surface area contributed by atoms with Crippen LogP contribution in [0.3, 0.4) is 0 Å². The summed E-state index contributed by atoms with van der Waals surface area (Å²) in [6.45, 7) is 0. The van der Waals surface area contributed by atoms with Gasteiger partial charge in [0.15, 0.2) is 5.01 Å². The summed E-state index contributed by atoms with van der Waals surface area (Å²) in [5, 5.41) is 3.96. The maximum atomic E-state index is 12.2. The van der Waals surface area contributed by atoms with Gasteiger partial charge < -0.3 is 10.6 Å². The number of ketones is 1. The summed E-state index contributed by atoms with van der Waals surface area (Å²) < 4.78 is 0.928. The van der Waals surface area contributed by atoms with E-state index in [1.54, 1.807) is 0 Å². The number of rotatable bonds is 3. The Morgan fingerprint density at radius 2 is 2.16 bits per heavy atom. The number of nitrogens with zero attached hydrogens (tertiary/aromatic N) is 2. The number of oxime groups is 1. The fourth-order valence-electron chi connectivity index (χ4n) is 1.76. The molecule has 6 nitrogen and oxygen atoms in total. The van der Waals surface area contributed by atoms with Gasteiger partial charge in [-0.15, -0.1) is 11.3 Å². The Kier molecular flexibility index (Phi) is 2.75. The Bertz CT molecular complexity index is 674. The second kappa shape index (κ2) is 4.43. The average molecular weight is 275 g/mol. The molecule has 1 aromatic heterocycles. The van der Waals surface area contributed by atoms with Crippen LogP contribution in [0.25, 0.3) is 10.2 Å². The molecular formula is C12H9N3O3S. The zero-order chi connectivity index (χ0) is 13.4. The Balaban J connectivity index is 1.87. The van der Waals surface area contributed by atoms with Gasteiger partial charge >= 0.3 is 0 Å². The van der Waals surface area contributed by atoms with Crippen molar-refractivity contribution in [3.05, 3.63) is 29.3 Å². The lowest BCUT2D eigenvalue weighted by atomic mass is 10.1. The van der Waals surface area contributed by atoms with Crippen molar-refractivity contribution >= 4 is 39.0 Å². The van der Waals surface area contributed by atoms with Crippen LogP contribution in [0, 0.1) is 0 Å². The Morgan fingerprint density at radius 3 is 2.84 bits per heavy atom. The first-order valence-electron chi connectivity index (χ1n) is 5.57. The number of Topliss-reactive ketones (excluding diaryl/α,β-unsaturated/α-hetero) is 1. The number of hydrogen-bond acceptors (Lipinski definition) is 6. The van der Waals surface area contributed by atoms with Crippen molar-refractivity contribution < 1.29 is 14.4 Å². The van der Waals surface area contributed by atoms with Crippen LogP contribution >= 0.6 is 11.3 Å². The van der Waals surface area contributed by atoms with Crippen molar-refractivity contribution in [3.63, 3.8) is 0 Å². The number of primary amides is 1. The molecule has 1 aliphatic heterocycles. The summed E-state index contributed by atoms with van der Waals surface area (Å²) in [4.78, 5) is 32.2. The maximum absolute atomic E-state index is 12.2. The average Bonchev–Trinajstić information content (AvgIpc) is 3.04. The van der Waals surface area contributed by atoms with Gasteiger partial charge in [0.1, 0.15) is 5.71 Å². The molecule has 3 rings (SSSR count). The number of para-hydroxylation sites is 1. The Hall–Kier alpha value is -2.28. The second-order valence-electron chi connectivity index (χ2n) is 4.05. The van der Waals surface area contributed by atoms with Gasteiger partial charge in [0, 0.05) is 6.42 Å². The van der Waals surface area contributed by atoms with E-state index in [2.05, 4.69) is 10.1 Å². The summed E-state index contributed by atoms with van der Waals surface area (Å²) >= 11 is 1.29. The number of fused-ring (bicyclic) bond motifs is 1. The van der Waals surface area contributed by atoms with Crippen LogP contribution in [-0.2, 0) is 9.63 Å². The molecule has 0 spiro atoms. The van der Waals surface area contributed by atoms with Gasteiger partial charge in [0.2, 0.25) is 11.9 Å². The quantitative estimate of drug-likeness (QED) is 0.849. The minimum atomic E-state index is -0.853. The molecule has 1 unspecified atom stereocenters. The van der Waals surface area contributed by atoms with Gasteiger partial charge in [-0.3, -0.25) is 9.59 Å². The van der Waals surface area contributed by atoms with E-state index in [4.69, 9.17) is 10.6 Å². The summed E-state index contributed by atoms with van der Waals surface area (Å²) in [6, 6.07) is 7.47. The van der Waals surface area contributed by atoms with Crippen LogP contribution in [0.1, 0.15) is 16.2 Å². The molecular weight excluding hydrogens is 266 g/mol.